The fraction of sp³-hybridized carbons (Fsp3) is 0.320. The Hall–Kier alpha value is -3.09. The highest BCUT2D eigenvalue weighted by Crippen LogP contribution is 2.40. The van der Waals surface area contributed by atoms with Crippen molar-refractivity contribution in [3.63, 3.8) is 0 Å². The van der Waals surface area contributed by atoms with E-state index in [2.05, 4.69) is 11.8 Å². The number of nitrogens with zero attached hydrogens (tertiary/aromatic N) is 1. The highest BCUT2D eigenvalue weighted by atomic mass is 16.5. The number of para-hydroxylation sites is 1. The molecule has 0 saturated carbocycles. The van der Waals surface area contributed by atoms with Gasteiger partial charge in [0.2, 0.25) is 5.78 Å². The summed E-state index contributed by atoms with van der Waals surface area (Å²) >= 11 is 0. The maximum atomic E-state index is 13.1. The Bertz CT molecular complexity index is 1150. The molecule has 0 unspecified atom stereocenters. The molecule has 2 aliphatic heterocycles. The number of ether oxygens (including phenoxy) is 1. The van der Waals surface area contributed by atoms with Gasteiger partial charge in [0.25, 0.3) is 0 Å². The number of benzene rings is 2. The maximum absolute atomic E-state index is 13.1. The molecule has 1 saturated heterocycles. The highest BCUT2D eigenvalue weighted by Gasteiger charge is 2.33. The Kier molecular flexibility index (Phi) is 5.04. The van der Waals surface area contributed by atoms with Crippen LogP contribution < -0.4 is 14.7 Å². The average molecular weight is 418 g/mol. The van der Waals surface area contributed by atoms with Gasteiger partial charge in [0.1, 0.15) is 23.6 Å². The largest absolute Gasteiger partial charge is 0.872 e. The number of hydrogen-bond acceptors (Lipinski definition) is 5. The Morgan fingerprint density at radius 2 is 1.97 bits per heavy atom. The van der Waals surface area contributed by atoms with E-state index in [-0.39, 0.29) is 17.3 Å². The minimum Gasteiger partial charge on any atom is -0.872 e. The summed E-state index contributed by atoms with van der Waals surface area (Å²) in [6.45, 7) is 9.58. The fourth-order valence-corrected chi connectivity index (χ4v) is 4.55. The SMILES string of the molecule is CCN1CC[NH+](Cc2c([O-])cc(C)c3c2OC(=Cc2cc4ccccc4o2)C3=O)CC1. The molecule has 2 aliphatic rings. The van der Waals surface area contributed by atoms with E-state index in [0.29, 0.717) is 34.7 Å². The number of Topliss-reactive ketones (excluding diaryl/α,β-unsaturated/α-hetero) is 1. The van der Waals surface area contributed by atoms with Crippen LogP contribution in [0.1, 0.15) is 34.2 Å². The van der Waals surface area contributed by atoms with Crippen molar-refractivity contribution in [2.45, 2.75) is 20.4 Å². The third-order valence-electron chi connectivity index (χ3n) is 6.36. The van der Waals surface area contributed by atoms with Crippen molar-refractivity contribution in [2.24, 2.45) is 0 Å². The molecule has 0 amide bonds. The first-order valence-corrected chi connectivity index (χ1v) is 10.9. The lowest BCUT2D eigenvalue weighted by atomic mass is 9.99. The van der Waals surface area contributed by atoms with Gasteiger partial charge in [-0.3, -0.25) is 9.69 Å². The predicted octanol–water partition coefficient (Wildman–Crippen LogP) is 2.15. The number of ketones is 1. The van der Waals surface area contributed by atoms with E-state index in [4.69, 9.17) is 9.15 Å². The summed E-state index contributed by atoms with van der Waals surface area (Å²) < 4.78 is 11.8. The van der Waals surface area contributed by atoms with Crippen LogP contribution in [-0.2, 0) is 6.54 Å². The quantitative estimate of drug-likeness (QED) is 0.658. The van der Waals surface area contributed by atoms with E-state index in [1.165, 1.54) is 4.90 Å². The van der Waals surface area contributed by atoms with Crippen molar-refractivity contribution in [3.05, 3.63) is 64.6 Å². The van der Waals surface area contributed by atoms with Crippen molar-refractivity contribution in [3.8, 4) is 11.5 Å². The normalized spacial score (nSPS) is 18.6. The average Bonchev–Trinajstić information content (AvgIpc) is 3.32. The van der Waals surface area contributed by atoms with Gasteiger partial charge in [-0.25, -0.2) is 0 Å². The van der Waals surface area contributed by atoms with E-state index in [1.54, 1.807) is 19.1 Å². The summed E-state index contributed by atoms with van der Waals surface area (Å²) in [5.74, 6) is 0.942. The van der Waals surface area contributed by atoms with Crippen LogP contribution in [0.4, 0.5) is 0 Å². The Morgan fingerprint density at radius 3 is 2.71 bits per heavy atom. The first-order valence-electron chi connectivity index (χ1n) is 10.9. The molecular weight excluding hydrogens is 392 g/mol. The molecule has 0 radical (unpaired) electrons. The van der Waals surface area contributed by atoms with Gasteiger partial charge in [-0.2, -0.15) is 0 Å². The number of fused-ring (bicyclic) bond motifs is 2. The summed E-state index contributed by atoms with van der Waals surface area (Å²) in [4.78, 5) is 16.9. The second kappa shape index (κ2) is 7.87. The van der Waals surface area contributed by atoms with Crippen LogP contribution in [0.15, 0.2) is 46.6 Å². The Balaban J connectivity index is 1.46. The van der Waals surface area contributed by atoms with Gasteiger partial charge in [-0.05, 0) is 31.2 Å². The number of furan rings is 1. The molecule has 0 atom stereocenters. The zero-order chi connectivity index (χ0) is 21.5. The van der Waals surface area contributed by atoms with Gasteiger partial charge in [0.15, 0.2) is 5.76 Å². The molecule has 31 heavy (non-hydrogen) atoms. The zero-order valence-electron chi connectivity index (χ0n) is 17.9. The first kappa shape index (κ1) is 19.8. The molecule has 160 valence electrons. The summed E-state index contributed by atoms with van der Waals surface area (Å²) in [5, 5.41) is 13.8. The van der Waals surface area contributed by atoms with Crippen molar-refractivity contribution >= 4 is 22.8 Å². The smallest absolute Gasteiger partial charge is 0.232 e. The Labute approximate surface area is 181 Å². The van der Waals surface area contributed by atoms with Crippen molar-refractivity contribution in [2.75, 3.05) is 32.7 Å². The number of hydrogen-bond donors (Lipinski definition) is 1. The molecule has 5 rings (SSSR count). The number of aryl methyl sites for hydroxylation is 1. The lowest BCUT2D eigenvalue weighted by Gasteiger charge is -2.32. The molecular formula is C25H26N2O4. The fourth-order valence-electron chi connectivity index (χ4n) is 4.55. The maximum Gasteiger partial charge on any atom is 0.232 e. The molecule has 1 N–H and O–H groups in total. The molecule has 6 heteroatoms. The van der Waals surface area contributed by atoms with Crippen molar-refractivity contribution in [1.82, 2.24) is 4.90 Å². The van der Waals surface area contributed by atoms with Gasteiger partial charge in [0, 0.05) is 30.1 Å². The highest BCUT2D eigenvalue weighted by molar-refractivity contribution is 6.15. The van der Waals surface area contributed by atoms with Crippen molar-refractivity contribution in [1.29, 1.82) is 0 Å². The third-order valence-corrected chi connectivity index (χ3v) is 6.36. The molecule has 1 aromatic heterocycles. The van der Waals surface area contributed by atoms with Gasteiger partial charge in [-0.15, -0.1) is 0 Å². The second-order valence-corrected chi connectivity index (χ2v) is 8.36. The summed E-state index contributed by atoms with van der Waals surface area (Å²) in [6, 6.07) is 11.1. The van der Waals surface area contributed by atoms with Crippen LogP contribution in [0, 0.1) is 6.92 Å². The predicted molar refractivity (Wildman–Crippen MR) is 116 cm³/mol. The van der Waals surface area contributed by atoms with Crippen LogP contribution in [0.25, 0.3) is 17.0 Å². The molecule has 0 bridgehead atoms. The number of allylic oxidation sites excluding steroid dienone is 1. The van der Waals surface area contributed by atoms with E-state index in [9.17, 15) is 9.90 Å². The standard InChI is InChI=1S/C25H26N2O4/c1-3-26-8-10-27(11-9-26)15-19-20(28)12-16(2)23-24(29)22(31-25(19)23)14-18-13-17-6-4-5-7-21(17)30-18/h4-7,12-14,28H,3,8-11,15H2,1-2H3. The van der Waals surface area contributed by atoms with Gasteiger partial charge in [0.05, 0.1) is 18.7 Å². The summed E-state index contributed by atoms with van der Waals surface area (Å²) in [7, 11) is 0. The number of likely N-dealkylation sites (N-methyl/N-ethyl adjacent to an activating group) is 1. The van der Waals surface area contributed by atoms with Gasteiger partial charge < -0.3 is 19.2 Å². The number of carbonyl (C=O) groups is 1. The molecule has 3 aromatic rings. The van der Waals surface area contributed by atoms with Crippen LogP contribution >= 0.6 is 0 Å². The van der Waals surface area contributed by atoms with Crippen LogP contribution in [-0.4, -0.2) is 43.4 Å². The molecule has 0 aliphatic carbocycles. The number of nitrogens with one attached hydrogen (secondary N) is 1. The molecule has 6 nitrogen and oxygen atoms in total. The number of rotatable bonds is 4. The molecule has 3 heterocycles. The number of piperazine rings is 1. The van der Waals surface area contributed by atoms with E-state index in [0.717, 1.165) is 43.7 Å². The van der Waals surface area contributed by atoms with E-state index in [1.807, 2.05) is 30.3 Å². The third kappa shape index (κ3) is 3.62. The van der Waals surface area contributed by atoms with E-state index < -0.39 is 0 Å². The summed E-state index contributed by atoms with van der Waals surface area (Å²) in [6.07, 6.45) is 1.63. The lowest BCUT2D eigenvalue weighted by Crippen LogP contribution is -3.13. The summed E-state index contributed by atoms with van der Waals surface area (Å²) in [5.41, 5.74) is 2.52. The van der Waals surface area contributed by atoms with Crippen LogP contribution in [0.5, 0.6) is 11.5 Å². The van der Waals surface area contributed by atoms with Gasteiger partial charge in [-0.1, -0.05) is 36.9 Å². The number of quaternary nitrogens is 1. The Morgan fingerprint density at radius 1 is 1.19 bits per heavy atom. The molecule has 2 aromatic carbocycles. The monoisotopic (exact) mass is 418 g/mol. The number of carbonyl (C=O) groups excluding carboxylic acids is 1. The topological polar surface area (TPSA) is 70.2 Å². The molecule has 0 spiro atoms. The lowest BCUT2D eigenvalue weighted by molar-refractivity contribution is -0.918. The van der Waals surface area contributed by atoms with Gasteiger partial charge >= 0.3 is 0 Å². The van der Waals surface area contributed by atoms with Crippen LogP contribution in [0.2, 0.25) is 0 Å². The first-order chi connectivity index (χ1) is 15.0. The minimum atomic E-state index is -0.194. The minimum absolute atomic E-state index is 0.0561. The van der Waals surface area contributed by atoms with Crippen molar-refractivity contribution < 1.29 is 24.0 Å². The van der Waals surface area contributed by atoms with E-state index >= 15 is 0 Å². The second-order valence-electron chi connectivity index (χ2n) is 8.36. The zero-order valence-corrected chi connectivity index (χ0v) is 17.9. The molecule has 1 fully saturated rings. The van der Waals surface area contributed by atoms with Crippen LogP contribution in [0.3, 0.4) is 0 Å².